The number of alkyl halides is 7. The lowest BCUT2D eigenvalue weighted by atomic mass is 10.0. The van der Waals surface area contributed by atoms with Gasteiger partial charge in [0.25, 0.3) is 0 Å². The third kappa shape index (κ3) is 3.05. The summed E-state index contributed by atoms with van der Waals surface area (Å²) in [5.41, 5.74) is -0.364. The van der Waals surface area contributed by atoms with Crippen LogP contribution in [0.5, 0.6) is 0 Å². The molecule has 0 amide bonds. The minimum absolute atomic E-state index is 0.364. The number of hydrogen-bond acceptors (Lipinski definition) is 3. The summed E-state index contributed by atoms with van der Waals surface area (Å²) >= 11 is 0. The molecule has 1 aromatic heterocycles. The molecule has 0 saturated heterocycles. The SMILES string of the molecule is Cn1cc(C(=O)CC(=O)C(F)(F)C(F)(F)C(F)(F)F)cn1. The van der Waals surface area contributed by atoms with Crippen LogP contribution in [0.2, 0.25) is 0 Å². The minimum Gasteiger partial charge on any atom is -0.294 e. The lowest BCUT2D eigenvalue weighted by Gasteiger charge is -2.26. The van der Waals surface area contributed by atoms with Crippen LogP contribution >= 0.6 is 0 Å². The molecule has 21 heavy (non-hydrogen) atoms. The van der Waals surface area contributed by atoms with Crippen molar-refractivity contribution in [3.8, 4) is 0 Å². The number of Topliss-reactive ketones (excluding diaryl/α,β-unsaturated/α-hetero) is 2. The predicted molar refractivity (Wildman–Crippen MR) is 53.1 cm³/mol. The number of carbonyl (C=O) groups excluding carboxylic acids is 2. The van der Waals surface area contributed by atoms with Gasteiger partial charge in [-0.25, -0.2) is 0 Å². The molecule has 1 heterocycles. The Kier molecular flexibility index (Phi) is 4.17. The van der Waals surface area contributed by atoms with E-state index in [4.69, 9.17) is 0 Å². The fraction of sp³-hybridized carbons (Fsp3) is 0.500. The number of carbonyl (C=O) groups is 2. The number of aryl methyl sites for hydroxylation is 1. The number of rotatable bonds is 5. The van der Waals surface area contributed by atoms with E-state index in [9.17, 15) is 40.3 Å². The van der Waals surface area contributed by atoms with Crippen molar-refractivity contribution in [1.82, 2.24) is 9.78 Å². The van der Waals surface area contributed by atoms with E-state index in [1.165, 1.54) is 7.05 Å². The van der Waals surface area contributed by atoms with Crippen LogP contribution in [0, 0.1) is 0 Å². The number of nitrogens with zero attached hydrogens (tertiary/aromatic N) is 2. The number of hydrogen-bond donors (Lipinski definition) is 0. The highest BCUT2D eigenvalue weighted by Gasteiger charge is 2.75. The van der Waals surface area contributed by atoms with E-state index in [1.54, 1.807) is 0 Å². The first kappa shape index (κ1) is 17.1. The van der Waals surface area contributed by atoms with Gasteiger partial charge in [0.1, 0.15) is 0 Å². The zero-order valence-electron chi connectivity index (χ0n) is 10.2. The fourth-order valence-corrected chi connectivity index (χ4v) is 1.28. The Morgan fingerprint density at radius 2 is 1.67 bits per heavy atom. The Balaban J connectivity index is 2.95. The normalized spacial score (nSPS) is 13.3. The van der Waals surface area contributed by atoms with Gasteiger partial charge in [0.2, 0.25) is 5.78 Å². The largest absolute Gasteiger partial charge is 0.460 e. The van der Waals surface area contributed by atoms with Crippen molar-refractivity contribution in [1.29, 1.82) is 0 Å². The van der Waals surface area contributed by atoms with Crippen LogP contribution in [0.3, 0.4) is 0 Å². The monoisotopic (exact) mass is 320 g/mol. The van der Waals surface area contributed by atoms with Crippen LogP contribution in [0.15, 0.2) is 12.4 Å². The Morgan fingerprint density at radius 1 is 1.14 bits per heavy atom. The van der Waals surface area contributed by atoms with Crippen molar-refractivity contribution in [3.63, 3.8) is 0 Å². The summed E-state index contributed by atoms with van der Waals surface area (Å²) in [6.45, 7) is 0. The second-order valence-electron chi connectivity index (χ2n) is 4.07. The number of halogens is 7. The van der Waals surface area contributed by atoms with Gasteiger partial charge in [-0.15, -0.1) is 0 Å². The summed E-state index contributed by atoms with van der Waals surface area (Å²) in [7, 11) is 1.34. The second kappa shape index (κ2) is 5.11. The van der Waals surface area contributed by atoms with Gasteiger partial charge in [0, 0.05) is 13.2 Å². The maximum Gasteiger partial charge on any atom is 0.460 e. The first-order valence-electron chi connectivity index (χ1n) is 5.18. The van der Waals surface area contributed by atoms with Gasteiger partial charge in [-0.05, 0) is 0 Å². The van der Waals surface area contributed by atoms with Crippen LogP contribution in [-0.2, 0) is 11.8 Å². The lowest BCUT2D eigenvalue weighted by molar-refractivity contribution is -0.343. The molecule has 0 aliphatic heterocycles. The quantitative estimate of drug-likeness (QED) is 0.475. The molecule has 0 fully saturated rings. The van der Waals surface area contributed by atoms with E-state index in [1.807, 2.05) is 0 Å². The topological polar surface area (TPSA) is 52.0 Å². The summed E-state index contributed by atoms with van der Waals surface area (Å²) in [6.07, 6.45) is -6.57. The van der Waals surface area contributed by atoms with Crippen LogP contribution in [0.1, 0.15) is 16.8 Å². The minimum atomic E-state index is -6.62. The Hall–Kier alpha value is -1.94. The van der Waals surface area contributed by atoms with Crippen molar-refractivity contribution < 1.29 is 40.3 Å². The summed E-state index contributed by atoms with van der Waals surface area (Å²) in [6, 6.07) is 0. The molecule has 4 nitrogen and oxygen atoms in total. The molecule has 0 aromatic carbocycles. The summed E-state index contributed by atoms with van der Waals surface area (Å²) < 4.78 is 87.8. The van der Waals surface area contributed by atoms with Crippen LogP contribution in [-0.4, -0.2) is 39.4 Å². The lowest BCUT2D eigenvalue weighted by Crippen LogP contribution is -2.56. The highest BCUT2D eigenvalue weighted by atomic mass is 19.4. The first-order valence-corrected chi connectivity index (χ1v) is 5.18. The Labute approximate surface area is 112 Å². The zero-order chi connectivity index (χ0) is 16.6. The molecule has 0 saturated carbocycles. The number of aromatic nitrogens is 2. The maximum absolute atomic E-state index is 13.0. The molecular formula is C10H7F7N2O2. The van der Waals surface area contributed by atoms with E-state index in [0.717, 1.165) is 17.1 Å². The molecule has 118 valence electrons. The molecule has 0 radical (unpaired) electrons. The van der Waals surface area contributed by atoms with E-state index in [-0.39, 0.29) is 5.56 Å². The van der Waals surface area contributed by atoms with E-state index in [0.29, 0.717) is 0 Å². The summed E-state index contributed by atoms with van der Waals surface area (Å²) in [5.74, 6) is -16.8. The average molecular weight is 320 g/mol. The Morgan fingerprint density at radius 3 is 2.05 bits per heavy atom. The average Bonchev–Trinajstić information content (AvgIpc) is 2.74. The van der Waals surface area contributed by atoms with Crippen molar-refractivity contribution in [3.05, 3.63) is 18.0 Å². The zero-order valence-corrected chi connectivity index (χ0v) is 10.2. The van der Waals surface area contributed by atoms with Gasteiger partial charge >= 0.3 is 18.0 Å². The molecule has 0 bridgehead atoms. The second-order valence-corrected chi connectivity index (χ2v) is 4.07. The van der Waals surface area contributed by atoms with E-state index >= 15 is 0 Å². The molecule has 1 rings (SSSR count). The van der Waals surface area contributed by atoms with Crippen LogP contribution in [0.25, 0.3) is 0 Å². The van der Waals surface area contributed by atoms with Gasteiger partial charge < -0.3 is 0 Å². The van der Waals surface area contributed by atoms with Gasteiger partial charge in [-0.3, -0.25) is 14.3 Å². The van der Waals surface area contributed by atoms with Gasteiger partial charge in [-0.1, -0.05) is 0 Å². The third-order valence-electron chi connectivity index (χ3n) is 2.45. The summed E-state index contributed by atoms with van der Waals surface area (Å²) in [4.78, 5) is 22.3. The van der Waals surface area contributed by atoms with Crippen molar-refractivity contribution in [2.45, 2.75) is 24.4 Å². The molecule has 0 atom stereocenters. The number of ketones is 2. The standard InChI is InChI=1S/C10H7F7N2O2/c1-19-4-5(3-18-19)6(20)2-7(21)8(11,12)9(13,14)10(15,16)17/h3-4H,2H2,1H3. The van der Waals surface area contributed by atoms with Crippen LogP contribution < -0.4 is 0 Å². The summed E-state index contributed by atoms with van der Waals surface area (Å²) in [5, 5.41) is 3.46. The predicted octanol–water partition coefficient (Wildman–Crippen LogP) is 2.39. The highest BCUT2D eigenvalue weighted by molar-refractivity contribution is 6.10. The fourth-order valence-electron chi connectivity index (χ4n) is 1.28. The molecule has 0 unspecified atom stereocenters. The third-order valence-corrected chi connectivity index (χ3v) is 2.45. The molecular weight excluding hydrogens is 313 g/mol. The first-order chi connectivity index (χ1) is 9.30. The van der Waals surface area contributed by atoms with E-state index in [2.05, 4.69) is 5.10 Å². The molecule has 0 aliphatic carbocycles. The van der Waals surface area contributed by atoms with E-state index < -0.39 is 36.0 Å². The van der Waals surface area contributed by atoms with Gasteiger partial charge in [0.05, 0.1) is 18.2 Å². The Bertz CT molecular complexity index is 562. The maximum atomic E-state index is 13.0. The van der Waals surface area contributed by atoms with Gasteiger partial charge in [0.15, 0.2) is 5.78 Å². The smallest absolute Gasteiger partial charge is 0.294 e. The van der Waals surface area contributed by atoms with Crippen molar-refractivity contribution in [2.75, 3.05) is 0 Å². The van der Waals surface area contributed by atoms with Gasteiger partial charge in [-0.2, -0.15) is 35.8 Å². The molecule has 1 aromatic rings. The molecule has 0 N–H and O–H groups in total. The van der Waals surface area contributed by atoms with Crippen LogP contribution in [0.4, 0.5) is 30.7 Å². The molecule has 0 spiro atoms. The highest BCUT2D eigenvalue weighted by Crippen LogP contribution is 2.47. The molecule has 11 heteroatoms. The van der Waals surface area contributed by atoms with Crippen molar-refractivity contribution in [2.24, 2.45) is 7.05 Å². The molecule has 0 aliphatic rings. The van der Waals surface area contributed by atoms with Crippen molar-refractivity contribution >= 4 is 11.6 Å².